The highest BCUT2D eigenvalue weighted by Crippen LogP contribution is 2.34. The third-order valence-corrected chi connectivity index (χ3v) is 6.15. The van der Waals surface area contributed by atoms with Crippen molar-refractivity contribution in [2.75, 3.05) is 26.7 Å². The highest BCUT2D eigenvalue weighted by atomic mass is 19.4. The Bertz CT molecular complexity index is 1190. The van der Waals surface area contributed by atoms with Crippen LogP contribution in [0.2, 0.25) is 0 Å². The third kappa shape index (κ3) is 6.27. The van der Waals surface area contributed by atoms with Crippen LogP contribution in [0.15, 0.2) is 36.5 Å². The Morgan fingerprint density at radius 3 is 2.60 bits per heavy atom. The fourth-order valence-electron chi connectivity index (χ4n) is 4.24. The predicted molar refractivity (Wildman–Crippen MR) is 120 cm³/mol. The summed E-state index contributed by atoms with van der Waals surface area (Å²) in [5, 5.41) is 11.9. The molecule has 5 rings (SSSR count). The highest BCUT2D eigenvalue weighted by molar-refractivity contribution is 5.73. The molecule has 0 amide bonds. The summed E-state index contributed by atoms with van der Waals surface area (Å²) < 4.78 is 52.7. The fourth-order valence-corrected chi connectivity index (χ4v) is 4.24. The molecule has 1 saturated heterocycles. The lowest BCUT2D eigenvalue weighted by Crippen LogP contribution is -2.36. The number of hydrogen-bond donors (Lipinski definition) is 1. The van der Waals surface area contributed by atoms with Crippen molar-refractivity contribution >= 4 is 11.6 Å². The Balaban J connectivity index is 0.000000364. The molecule has 1 N–H and O–H groups in total. The van der Waals surface area contributed by atoms with Crippen molar-refractivity contribution in [3.63, 3.8) is 0 Å². The normalized spacial score (nSPS) is 18.7. The molecule has 1 aliphatic heterocycles. The Labute approximate surface area is 199 Å². The van der Waals surface area contributed by atoms with Gasteiger partial charge in [0, 0.05) is 36.3 Å². The van der Waals surface area contributed by atoms with Gasteiger partial charge in [-0.05, 0) is 68.5 Å². The van der Waals surface area contributed by atoms with E-state index in [4.69, 9.17) is 24.7 Å². The van der Waals surface area contributed by atoms with Gasteiger partial charge < -0.3 is 14.7 Å². The third-order valence-electron chi connectivity index (χ3n) is 6.15. The Morgan fingerprint density at radius 1 is 1.20 bits per heavy atom. The molecule has 1 saturated carbocycles. The minimum Gasteiger partial charge on any atom is -0.496 e. The summed E-state index contributed by atoms with van der Waals surface area (Å²) in [5.41, 5.74) is 2.41. The number of halogens is 4. The molecule has 1 atom stereocenters. The predicted octanol–water partition coefficient (Wildman–Crippen LogP) is 4.77. The first-order valence-corrected chi connectivity index (χ1v) is 11.4. The molecule has 188 valence electrons. The summed E-state index contributed by atoms with van der Waals surface area (Å²) in [4.78, 5) is 16.3. The van der Waals surface area contributed by atoms with E-state index in [9.17, 15) is 17.6 Å². The van der Waals surface area contributed by atoms with Crippen LogP contribution in [0.1, 0.15) is 37.4 Å². The zero-order valence-corrected chi connectivity index (χ0v) is 19.1. The zero-order chi connectivity index (χ0) is 25.2. The van der Waals surface area contributed by atoms with E-state index in [1.807, 2.05) is 22.8 Å². The highest BCUT2D eigenvalue weighted by Gasteiger charge is 2.38. The average Bonchev–Trinajstić information content (AvgIpc) is 3.53. The van der Waals surface area contributed by atoms with Crippen LogP contribution >= 0.6 is 0 Å². The van der Waals surface area contributed by atoms with Gasteiger partial charge >= 0.3 is 12.1 Å². The number of hydrogen-bond acceptors (Lipinski definition) is 5. The molecule has 3 heterocycles. The maximum Gasteiger partial charge on any atom is 0.490 e. The van der Waals surface area contributed by atoms with Crippen molar-refractivity contribution in [1.82, 2.24) is 19.5 Å². The molecular weight excluding hydrogens is 468 g/mol. The molecule has 2 aliphatic rings. The molecule has 1 unspecified atom stereocenters. The number of methoxy groups -OCH3 is 1. The van der Waals surface area contributed by atoms with Gasteiger partial charge in [0.15, 0.2) is 11.5 Å². The molecule has 35 heavy (non-hydrogen) atoms. The Hall–Kier alpha value is -3.21. The van der Waals surface area contributed by atoms with Crippen LogP contribution in [0.3, 0.4) is 0 Å². The van der Waals surface area contributed by atoms with E-state index >= 15 is 0 Å². The van der Waals surface area contributed by atoms with E-state index in [1.54, 1.807) is 13.2 Å². The Morgan fingerprint density at radius 2 is 1.94 bits per heavy atom. The van der Waals surface area contributed by atoms with Crippen molar-refractivity contribution in [1.29, 1.82) is 0 Å². The van der Waals surface area contributed by atoms with Crippen molar-refractivity contribution in [3.8, 4) is 16.9 Å². The minimum atomic E-state index is -5.08. The molecule has 1 aliphatic carbocycles. The molecule has 2 fully saturated rings. The second-order valence-electron chi connectivity index (χ2n) is 8.88. The number of rotatable bonds is 5. The zero-order valence-electron chi connectivity index (χ0n) is 19.1. The molecule has 11 heteroatoms. The van der Waals surface area contributed by atoms with Gasteiger partial charge in [0.1, 0.15) is 11.6 Å². The number of aromatic nitrogens is 3. The van der Waals surface area contributed by atoms with E-state index in [1.165, 1.54) is 44.5 Å². The number of ether oxygens (including phenoxy) is 1. The van der Waals surface area contributed by atoms with Crippen LogP contribution in [0.5, 0.6) is 5.75 Å². The van der Waals surface area contributed by atoms with Crippen LogP contribution in [0.4, 0.5) is 17.6 Å². The van der Waals surface area contributed by atoms with Crippen molar-refractivity contribution in [3.05, 3.63) is 48.2 Å². The first-order chi connectivity index (χ1) is 16.6. The van der Waals surface area contributed by atoms with Crippen LogP contribution < -0.4 is 4.74 Å². The number of alkyl halides is 3. The molecule has 1 aromatic carbocycles. The number of carboxylic acids is 1. The summed E-state index contributed by atoms with van der Waals surface area (Å²) in [7, 11) is 1.60. The summed E-state index contributed by atoms with van der Waals surface area (Å²) in [6.07, 6.45) is 1.95. The van der Waals surface area contributed by atoms with Gasteiger partial charge in [-0.1, -0.05) is 0 Å². The monoisotopic (exact) mass is 494 g/mol. The van der Waals surface area contributed by atoms with Crippen LogP contribution in [-0.2, 0) is 4.79 Å². The molecule has 0 bridgehead atoms. The van der Waals surface area contributed by atoms with E-state index < -0.39 is 12.1 Å². The number of nitrogens with zero attached hydrogens (tertiary/aromatic N) is 4. The number of carboxylic acid groups (broad SMARTS) is 1. The molecule has 2 aromatic heterocycles. The number of benzene rings is 1. The van der Waals surface area contributed by atoms with Crippen molar-refractivity contribution < 1.29 is 32.2 Å². The molecule has 7 nitrogen and oxygen atoms in total. The number of fused-ring (bicyclic) bond motifs is 1. The standard InChI is InChI=1S/C22H25FN4O.C2HF3O2/c1-28-20-8-7-18(23)11-19(20)16-6-9-21-24-22(25-27(21)14-16)17-3-2-10-26(13-17)12-15-4-5-15;3-2(4,5)1(6)7/h6-9,11,14-15,17H,2-5,10,12-13H2,1H3;(H,6,7). The smallest absolute Gasteiger partial charge is 0.490 e. The minimum absolute atomic E-state index is 0.284. The van der Waals surface area contributed by atoms with Crippen LogP contribution in [0.25, 0.3) is 16.8 Å². The van der Waals surface area contributed by atoms with Crippen molar-refractivity contribution in [2.24, 2.45) is 5.92 Å². The second kappa shape index (κ2) is 10.2. The first kappa shape index (κ1) is 24.9. The summed E-state index contributed by atoms with van der Waals surface area (Å²) in [6.45, 7) is 3.48. The van der Waals surface area contributed by atoms with Gasteiger partial charge in [-0.3, -0.25) is 0 Å². The first-order valence-electron chi connectivity index (χ1n) is 11.4. The fraction of sp³-hybridized carbons (Fsp3) is 0.458. The van der Waals surface area contributed by atoms with Crippen LogP contribution in [-0.4, -0.2) is 63.5 Å². The van der Waals surface area contributed by atoms with E-state index in [-0.39, 0.29) is 5.82 Å². The maximum absolute atomic E-state index is 13.8. The van der Waals surface area contributed by atoms with E-state index in [0.29, 0.717) is 11.7 Å². The van der Waals surface area contributed by atoms with Gasteiger partial charge in [-0.2, -0.15) is 18.3 Å². The van der Waals surface area contributed by atoms with Crippen molar-refractivity contribution in [2.45, 2.75) is 37.8 Å². The van der Waals surface area contributed by atoms with E-state index in [2.05, 4.69) is 4.90 Å². The van der Waals surface area contributed by atoms with Gasteiger partial charge in [0.2, 0.25) is 0 Å². The molecule has 3 aromatic rings. The average molecular weight is 494 g/mol. The maximum atomic E-state index is 13.8. The largest absolute Gasteiger partial charge is 0.496 e. The molecule has 0 spiro atoms. The summed E-state index contributed by atoms with van der Waals surface area (Å²) >= 11 is 0. The second-order valence-corrected chi connectivity index (χ2v) is 8.88. The van der Waals surface area contributed by atoms with Gasteiger partial charge in [0.05, 0.1) is 7.11 Å². The quantitative estimate of drug-likeness (QED) is 0.515. The number of likely N-dealkylation sites (tertiary alicyclic amines) is 1. The number of pyridine rings is 1. The number of piperidine rings is 1. The molecule has 0 radical (unpaired) electrons. The summed E-state index contributed by atoms with van der Waals surface area (Å²) in [5.74, 6) is -0.176. The van der Waals surface area contributed by atoms with Gasteiger partial charge in [-0.15, -0.1) is 0 Å². The van der Waals surface area contributed by atoms with Gasteiger partial charge in [0.25, 0.3) is 0 Å². The Kier molecular flexibility index (Phi) is 7.25. The lowest BCUT2D eigenvalue weighted by Gasteiger charge is -2.31. The topological polar surface area (TPSA) is 80.0 Å². The molecular formula is C24H26F4N4O3. The van der Waals surface area contributed by atoms with Crippen LogP contribution in [0, 0.1) is 11.7 Å². The number of aliphatic carboxylic acids is 1. The summed E-state index contributed by atoms with van der Waals surface area (Å²) in [6, 6.07) is 8.45. The lowest BCUT2D eigenvalue weighted by molar-refractivity contribution is -0.192. The lowest BCUT2D eigenvalue weighted by atomic mass is 9.97. The van der Waals surface area contributed by atoms with E-state index in [0.717, 1.165) is 41.5 Å². The SMILES string of the molecule is COc1ccc(F)cc1-c1ccc2nc(C3CCCN(CC4CC4)C3)nn2c1.O=C(O)C(F)(F)F. The van der Waals surface area contributed by atoms with Gasteiger partial charge in [-0.25, -0.2) is 18.7 Å². The number of carbonyl (C=O) groups is 1.